The van der Waals surface area contributed by atoms with Crippen molar-refractivity contribution in [1.29, 1.82) is 0 Å². The normalized spacial score (nSPS) is 11.6. The minimum absolute atomic E-state index is 0.693. The smallest absolute Gasteiger partial charge is 0.160 e. The van der Waals surface area contributed by atoms with Gasteiger partial charge in [0.2, 0.25) is 0 Å². The van der Waals surface area contributed by atoms with E-state index in [1.54, 1.807) is 0 Å². The average Bonchev–Trinajstić information content (AvgIpc) is 3.79. The van der Waals surface area contributed by atoms with E-state index in [9.17, 15) is 0 Å². The maximum atomic E-state index is 5.13. The van der Waals surface area contributed by atoms with E-state index in [1.165, 1.54) is 43.7 Å². The minimum atomic E-state index is 0.693. The van der Waals surface area contributed by atoms with E-state index in [4.69, 9.17) is 9.97 Å². The van der Waals surface area contributed by atoms with Crippen LogP contribution in [0.15, 0.2) is 206 Å². The molecule has 3 aromatic heterocycles. The summed E-state index contributed by atoms with van der Waals surface area (Å²) in [6.07, 6.45) is 0. The second-order valence-corrected chi connectivity index (χ2v) is 14.2. The van der Waals surface area contributed by atoms with E-state index in [2.05, 4.69) is 203 Å². The molecule has 11 rings (SSSR count). The standard InChI is InChI=1S/C52H34N4/c1-4-15-35(16-5-1)46-34-47(36-17-6-2-7-18-36)54-52(53-46)39-19-14-22-41(31-39)56-49-26-13-11-24-43(49)45-32-37(28-30-50(45)56)38-27-29-44-42-23-10-12-25-48(42)55(51(44)33-38)40-20-8-3-9-21-40/h1-34H. The Bertz CT molecular complexity index is 3170. The molecule has 8 aromatic carbocycles. The Balaban J connectivity index is 1.06. The predicted octanol–water partition coefficient (Wildman–Crippen LogP) is 13.3. The van der Waals surface area contributed by atoms with Crippen molar-refractivity contribution in [2.45, 2.75) is 0 Å². The van der Waals surface area contributed by atoms with Crippen molar-refractivity contribution in [3.63, 3.8) is 0 Å². The predicted molar refractivity (Wildman–Crippen MR) is 232 cm³/mol. The molecule has 0 amide bonds. The molecule has 56 heavy (non-hydrogen) atoms. The Labute approximate surface area is 324 Å². The lowest BCUT2D eigenvalue weighted by Gasteiger charge is -2.12. The highest BCUT2D eigenvalue weighted by atomic mass is 15.0. The summed E-state index contributed by atoms with van der Waals surface area (Å²) in [5.74, 6) is 0.693. The van der Waals surface area contributed by atoms with E-state index in [0.717, 1.165) is 50.5 Å². The number of nitrogens with zero attached hydrogens (tertiary/aromatic N) is 4. The van der Waals surface area contributed by atoms with Gasteiger partial charge in [-0.2, -0.15) is 0 Å². The average molecular weight is 715 g/mol. The lowest BCUT2D eigenvalue weighted by Crippen LogP contribution is -1.98. The van der Waals surface area contributed by atoms with Crippen LogP contribution in [0.2, 0.25) is 0 Å². The van der Waals surface area contributed by atoms with Gasteiger partial charge in [0.1, 0.15) is 0 Å². The fourth-order valence-electron chi connectivity index (χ4n) is 8.31. The summed E-state index contributed by atoms with van der Waals surface area (Å²) < 4.78 is 4.75. The van der Waals surface area contributed by atoms with Crippen molar-refractivity contribution in [2.24, 2.45) is 0 Å². The lowest BCUT2D eigenvalue weighted by atomic mass is 10.0. The molecule has 0 aliphatic rings. The largest absolute Gasteiger partial charge is 0.309 e. The van der Waals surface area contributed by atoms with Crippen molar-refractivity contribution in [1.82, 2.24) is 19.1 Å². The summed E-state index contributed by atoms with van der Waals surface area (Å²) in [5.41, 5.74) is 14.2. The van der Waals surface area contributed by atoms with E-state index >= 15 is 0 Å². The van der Waals surface area contributed by atoms with Crippen molar-refractivity contribution < 1.29 is 0 Å². The Hall–Kier alpha value is -7.56. The maximum absolute atomic E-state index is 5.13. The summed E-state index contributed by atoms with van der Waals surface area (Å²) in [6, 6.07) is 73.2. The van der Waals surface area contributed by atoms with Crippen LogP contribution in [0.3, 0.4) is 0 Å². The van der Waals surface area contributed by atoms with Gasteiger partial charge < -0.3 is 9.13 Å². The first-order chi connectivity index (χ1) is 27.8. The number of para-hydroxylation sites is 3. The quantitative estimate of drug-likeness (QED) is 0.172. The fourth-order valence-corrected chi connectivity index (χ4v) is 8.31. The van der Waals surface area contributed by atoms with Gasteiger partial charge in [0.15, 0.2) is 5.82 Å². The number of hydrogen-bond donors (Lipinski definition) is 0. The molecule has 0 spiro atoms. The van der Waals surface area contributed by atoms with Crippen LogP contribution < -0.4 is 0 Å². The number of rotatable bonds is 6. The van der Waals surface area contributed by atoms with Gasteiger partial charge >= 0.3 is 0 Å². The number of fused-ring (bicyclic) bond motifs is 6. The first-order valence-electron chi connectivity index (χ1n) is 19.0. The van der Waals surface area contributed by atoms with Crippen LogP contribution in [0.5, 0.6) is 0 Å². The molecule has 4 nitrogen and oxygen atoms in total. The monoisotopic (exact) mass is 714 g/mol. The van der Waals surface area contributed by atoms with Crippen molar-refractivity contribution in [3.05, 3.63) is 206 Å². The van der Waals surface area contributed by atoms with Crippen LogP contribution in [0.25, 0.3) is 100 Å². The van der Waals surface area contributed by atoms with Crippen LogP contribution >= 0.6 is 0 Å². The zero-order valence-corrected chi connectivity index (χ0v) is 30.4. The summed E-state index contributed by atoms with van der Waals surface area (Å²) in [7, 11) is 0. The molecule has 0 saturated heterocycles. The van der Waals surface area contributed by atoms with E-state index in [-0.39, 0.29) is 0 Å². The Kier molecular flexibility index (Phi) is 7.46. The summed E-state index contributed by atoms with van der Waals surface area (Å²) >= 11 is 0. The number of hydrogen-bond acceptors (Lipinski definition) is 2. The Morgan fingerprint density at radius 2 is 0.750 bits per heavy atom. The fraction of sp³-hybridized carbons (Fsp3) is 0. The van der Waals surface area contributed by atoms with E-state index in [0.29, 0.717) is 5.82 Å². The van der Waals surface area contributed by atoms with Crippen molar-refractivity contribution in [2.75, 3.05) is 0 Å². The van der Waals surface area contributed by atoms with Gasteiger partial charge in [-0.25, -0.2) is 9.97 Å². The zero-order valence-electron chi connectivity index (χ0n) is 30.4. The van der Waals surface area contributed by atoms with Gasteiger partial charge in [-0.05, 0) is 71.8 Å². The van der Waals surface area contributed by atoms with Gasteiger partial charge in [-0.15, -0.1) is 0 Å². The van der Waals surface area contributed by atoms with Crippen LogP contribution in [-0.2, 0) is 0 Å². The molecule has 0 fully saturated rings. The summed E-state index contributed by atoms with van der Waals surface area (Å²) in [5, 5.41) is 4.93. The van der Waals surface area contributed by atoms with E-state index < -0.39 is 0 Å². The van der Waals surface area contributed by atoms with Gasteiger partial charge in [0.05, 0.1) is 33.5 Å². The molecular weight excluding hydrogens is 681 g/mol. The molecule has 4 heteroatoms. The van der Waals surface area contributed by atoms with Gasteiger partial charge in [-0.1, -0.05) is 146 Å². The first-order valence-corrected chi connectivity index (χ1v) is 19.0. The molecule has 0 aliphatic heterocycles. The molecule has 0 bridgehead atoms. The molecular formula is C52H34N4. The minimum Gasteiger partial charge on any atom is -0.309 e. The van der Waals surface area contributed by atoms with E-state index in [1.807, 2.05) is 12.1 Å². The summed E-state index contributed by atoms with van der Waals surface area (Å²) in [6.45, 7) is 0. The molecule has 0 aliphatic carbocycles. The molecule has 262 valence electrons. The van der Waals surface area contributed by atoms with Crippen molar-refractivity contribution in [3.8, 4) is 56.4 Å². The third kappa shape index (κ3) is 5.31. The molecule has 11 aromatic rings. The highest BCUT2D eigenvalue weighted by Crippen LogP contribution is 2.39. The SMILES string of the molecule is c1ccc(-c2cc(-c3ccccc3)nc(-c3cccc(-n4c5ccccc5c5cc(-c6ccc7c8ccccc8n(-c8ccccc8)c7c6)ccc54)c3)n2)cc1. The summed E-state index contributed by atoms with van der Waals surface area (Å²) in [4.78, 5) is 10.3. The molecule has 0 unspecified atom stereocenters. The molecule has 3 heterocycles. The van der Waals surface area contributed by atoms with Gasteiger partial charge in [-0.3, -0.25) is 0 Å². The molecule has 0 saturated carbocycles. The third-order valence-corrected chi connectivity index (χ3v) is 10.9. The number of benzene rings is 8. The Morgan fingerprint density at radius 3 is 1.43 bits per heavy atom. The van der Waals surface area contributed by atoms with Crippen LogP contribution in [0, 0.1) is 0 Å². The highest BCUT2D eigenvalue weighted by molar-refractivity contribution is 6.12. The van der Waals surface area contributed by atoms with Crippen LogP contribution in [0.1, 0.15) is 0 Å². The maximum Gasteiger partial charge on any atom is 0.160 e. The molecule has 0 radical (unpaired) electrons. The van der Waals surface area contributed by atoms with Crippen molar-refractivity contribution >= 4 is 43.6 Å². The zero-order chi connectivity index (χ0) is 37.0. The first kappa shape index (κ1) is 31.9. The van der Waals surface area contributed by atoms with Gasteiger partial charge in [0.25, 0.3) is 0 Å². The topological polar surface area (TPSA) is 35.6 Å². The Morgan fingerprint density at radius 1 is 0.268 bits per heavy atom. The molecule has 0 N–H and O–H groups in total. The second kappa shape index (κ2) is 13.1. The van der Waals surface area contributed by atoms with Crippen LogP contribution in [-0.4, -0.2) is 19.1 Å². The molecule has 0 atom stereocenters. The van der Waals surface area contributed by atoms with Gasteiger partial charge in [0, 0.05) is 49.6 Å². The number of aromatic nitrogens is 4. The third-order valence-electron chi connectivity index (χ3n) is 10.9. The second-order valence-electron chi connectivity index (χ2n) is 14.2. The highest BCUT2D eigenvalue weighted by Gasteiger charge is 2.17. The lowest BCUT2D eigenvalue weighted by molar-refractivity contribution is 1.16. The van der Waals surface area contributed by atoms with Crippen LogP contribution in [0.4, 0.5) is 0 Å².